The van der Waals surface area contributed by atoms with Crippen molar-refractivity contribution in [1.29, 1.82) is 0 Å². The van der Waals surface area contributed by atoms with Crippen molar-refractivity contribution in [2.24, 2.45) is 0 Å². The smallest absolute Gasteiger partial charge is 0.258 e. The molecule has 1 aliphatic heterocycles. The van der Waals surface area contributed by atoms with Gasteiger partial charge in [0.05, 0.1) is 5.69 Å². The molecule has 0 atom stereocenters. The van der Waals surface area contributed by atoms with Crippen LogP contribution in [-0.2, 0) is 11.2 Å². The first-order valence-electron chi connectivity index (χ1n) is 7.77. The van der Waals surface area contributed by atoms with Crippen molar-refractivity contribution < 1.29 is 9.90 Å². The second kappa shape index (κ2) is 7.03. The van der Waals surface area contributed by atoms with E-state index in [1.807, 2.05) is 17.5 Å². The van der Waals surface area contributed by atoms with E-state index < -0.39 is 5.60 Å². The summed E-state index contributed by atoms with van der Waals surface area (Å²) in [5.41, 5.74) is 1.92. The molecule has 0 spiro atoms. The number of nitrogens with one attached hydrogen (secondary N) is 1. The second-order valence-corrected chi connectivity index (χ2v) is 7.77. The fourth-order valence-corrected chi connectivity index (χ4v) is 4.41. The topological polar surface area (TPSA) is 62.2 Å². The van der Waals surface area contributed by atoms with Crippen molar-refractivity contribution in [1.82, 2.24) is 4.98 Å². The number of hydrogen-bond donors (Lipinski definition) is 2. The van der Waals surface area contributed by atoms with Gasteiger partial charge in [0, 0.05) is 10.9 Å². The van der Waals surface area contributed by atoms with Crippen LogP contribution in [0.4, 0.5) is 5.13 Å². The van der Waals surface area contributed by atoms with E-state index in [0.29, 0.717) is 18.0 Å². The highest BCUT2D eigenvalue weighted by Gasteiger charge is 2.37. The molecule has 0 aliphatic carbocycles. The molecule has 0 saturated carbocycles. The first-order valence-corrected chi connectivity index (χ1v) is 9.80. The number of aryl methyl sites for hydroxylation is 1. The second-order valence-electron chi connectivity index (χ2n) is 5.69. The van der Waals surface area contributed by atoms with Crippen LogP contribution in [0.25, 0.3) is 11.3 Å². The number of anilines is 1. The van der Waals surface area contributed by atoms with Gasteiger partial charge in [0.15, 0.2) is 5.13 Å². The highest BCUT2D eigenvalue weighted by atomic mass is 32.2. The molecule has 2 heterocycles. The van der Waals surface area contributed by atoms with E-state index in [2.05, 4.69) is 29.4 Å². The van der Waals surface area contributed by atoms with Gasteiger partial charge in [-0.1, -0.05) is 31.2 Å². The van der Waals surface area contributed by atoms with Gasteiger partial charge in [0.2, 0.25) is 0 Å². The molecule has 6 heteroatoms. The zero-order chi connectivity index (χ0) is 16.3. The van der Waals surface area contributed by atoms with Gasteiger partial charge in [-0.25, -0.2) is 4.98 Å². The van der Waals surface area contributed by atoms with Crippen molar-refractivity contribution in [2.45, 2.75) is 31.8 Å². The Bertz CT molecular complexity index is 676. The Morgan fingerprint density at radius 1 is 1.30 bits per heavy atom. The molecule has 0 radical (unpaired) electrons. The van der Waals surface area contributed by atoms with Crippen LogP contribution in [0.1, 0.15) is 25.3 Å². The minimum Gasteiger partial charge on any atom is -0.380 e. The van der Waals surface area contributed by atoms with E-state index in [0.717, 1.165) is 29.2 Å². The van der Waals surface area contributed by atoms with E-state index in [9.17, 15) is 9.90 Å². The van der Waals surface area contributed by atoms with Gasteiger partial charge < -0.3 is 5.11 Å². The van der Waals surface area contributed by atoms with Crippen LogP contribution in [0.3, 0.4) is 0 Å². The van der Waals surface area contributed by atoms with Crippen molar-refractivity contribution in [3.63, 3.8) is 0 Å². The quantitative estimate of drug-likeness (QED) is 0.887. The van der Waals surface area contributed by atoms with Gasteiger partial charge in [0.1, 0.15) is 5.60 Å². The van der Waals surface area contributed by atoms with E-state index in [-0.39, 0.29) is 5.91 Å². The van der Waals surface area contributed by atoms with E-state index >= 15 is 0 Å². The molecule has 1 aromatic heterocycles. The predicted molar refractivity (Wildman–Crippen MR) is 97.1 cm³/mol. The van der Waals surface area contributed by atoms with Gasteiger partial charge >= 0.3 is 0 Å². The monoisotopic (exact) mass is 348 g/mol. The van der Waals surface area contributed by atoms with Crippen LogP contribution in [0.2, 0.25) is 0 Å². The normalized spacial score (nSPS) is 17.0. The molecular weight excluding hydrogens is 328 g/mol. The third-order valence-electron chi connectivity index (χ3n) is 4.13. The summed E-state index contributed by atoms with van der Waals surface area (Å²) in [5.74, 6) is 1.30. The van der Waals surface area contributed by atoms with E-state index in [1.54, 1.807) is 11.8 Å². The van der Waals surface area contributed by atoms with Gasteiger partial charge in [-0.05, 0) is 36.3 Å². The fraction of sp³-hybridized carbons (Fsp3) is 0.412. The lowest BCUT2D eigenvalue weighted by atomic mass is 9.96. The lowest BCUT2D eigenvalue weighted by molar-refractivity contribution is -0.134. The number of thiazole rings is 1. The van der Waals surface area contributed by atoms with Crippen LogP contribution >= 0.6 is 23.1 Å². The molecule has 0 bridgehead atoms. The summed E-state index contributed by atoms with van der Waals surface area (Å²) in [7, 11) is 0. The first-order chi connectivity index (χ1) is 11.1. The van der Waals surface area contributed by atoms with E-state index in [1.165, 1.54) is 16.9 Å². The maximum Gasteiger partial charge on any atom is 0.258 e. The van der Waals surface area contributed by atoms with Crippen molar-refractivity contribution >= 4 is 34.1 Å². The molecule has 23 heavy (non-hydrogen) atoms. The average Bonchev–Trinajstić information content (AvgIpc) is 3.04. The summed E-state index contributed by atoms with van der Waals surface area (Å²) >= 11 is 3.16. The summed E-state index contributed by atoms with van der Waals surface area (Å²) < 4.78 is 0. The lowest BCUT2D eigenvalue weighted by Crippen LogP contribution is -2.45. The molecular formula is C17H20N2O2S2. The average molecular weight is 348 g/mol. The number of benzene rings is 1. The van der Waals surface area contributed by atoms with E-state index in [4.69, 9.17) is 0 Å². The molecule has 3 rings (SSSR count). The molecule has 0 unspecified atom stereocenters. The lowest BCUT2D eigenvalue weighted by Gasteiger charge is -2.29. The standard InChI is InChI=1S/C17H20N2O2S2/c1-2-12-3-5-13(6-4-12)14-11-23-16(18-14)19-15(20)17(21)7-9-22-10-8-17/h3-6,11,21H,2,7-10H2,1H3,(H,18,19,20). The van der Waals surface area contributed by atoms with Gasteiger partial charge in [-0.3, -0.25) is 10.1 Å². The molecule has 2 aromatic rings. The van der Waals surface area contributed by atoms with Crippen molar-refractivity contribution in [2.75, 3.05) is 16.8 Å². The number of hydrogen-bond acceptors (Lipinski definition) is 5. The summed E-state index contributed by atoms with van der Waals surface area (Å²) in [4.78, 5) is 16.8. The molecule has 1 amide bonds. The van der Waals surface area contributed by atoms with Crippen LogP contribution < -0.4 is 5.32 Å². The molecule has 1 fully saturated rings. The molecule has 1 saturated heterocycles. The van der Waals surface area contributed by atoms with Crippen LogP contribution in [0.15, 0.2) is 29.6 Å². The number of thioether (sulfide) groups is 1. The first kappa shape index (κ1) is 16.5. The molecule has 2 N–H and O–H groups in total. The van der Waals surface area contributed by atoms with Gasteiger partial charge in [-0.2, -0.15) is 11.8 Å². The number of carbonyl (C=O) groups is 1. The summed E-state index contributed by atoms with van der Waals surface area (Å²) in [6.07, 6.45) is 2.01. The van der Waals surface area contributed by atoms with Crippen molar-refractivity contribution in [3.05, 3.63) is 35.2 Å². The minimum atomic E-state index is -1.25. The number of amides is 1. The largest absolute Gasteiger partial charge is 0.380 e. The molecule has 1 aliphatic rings. The Kier molecular flexibility index (Phi) is 5.04. The maximum atomic E-state index is 12.3. The zero-order valence-corrected chi connectivity index (χ0v) is 14.7. The van der Waals surface area contributed by atoms with Crippen molar-refractivity contribution in [3.8, 4) is 11.3 Å². The molecule has 1 aromatic carbocycles. The third kappa shape index (κ3) is 3.76. The Morgan fingerprint density at radius 3 is 2.65 bits per heavy atom. The molecule has 122 valence electrons. The molecule has 4 nitrogen and oxygen atoms in total. The van der Waals surface area contributed by atoms with Crippen LogP contribution in [-0.4, -0.2) is 33.1 Å². The summed E-state index contributed by atoms with van der Waals surface area (Å²) in [6, 6.07) is 8.28. The Hall–Kier alpha value is -1.37. The zero-order valence-electron chi connectivity index (χ0n) is 13.0. The maximum absolute atomic E-state index is 12.3. The summed E-state index contributed by atoms with van der Waals surface area (Å²) in [5, 5.41) is 15.7. The SMILES string of the molecule is CCc1ccc(-c2csc(NC(=O)C3(O)CCSCC3)n2)cc1. The Balaban J connectivity index is 1.70. The number of aromatic nitrogens is 1. The number of carbonyl (C=O) groups excluding carboxylic acids is 1. The number of rotatable bonds is 4. The number of nitrogens with zero attached hydrogens (tertiary/aromatic N) is 1. The fourth-order valence-electron chi connectivity index (χ4n) is 2.52. The summed E-state index contributed by atoms with van der Waals surface area (Å²) in [6.45, 7) is 2.12. The highest BCUT2D eigenvalue weighted by Crippen LogP contribution is 2.30. The third-order valence-corrected chi connectivity index (χ3v) is 5.87. The predicted octanol–water partition coefficient (Wildman–Crippen LogP) is 3.57. The highest BCUT2D eigenvalue weighted by molar-refractivity contribution is 7.99. The Labute approximate surface area is 144 Å². The number of aliphatic hydroxyl groups is 1. The minimum absolute atomic E-state index is 0.333. The van der Waals surface area contributed by atoms with Gasteiger partial charge in [0.25, 0.3) is 5.91 Å². The van der Waals surface area contributed by atoms with Crippen LogP contribution in [0.5, 0.6) is 0 Å². The Morgan fingerprint density at radius 2 is 2.00 bits per heavy atom. The van der Waals surface area contributed by atoms with Gasteiger partial charge in [-0.15, -0.1) is 11.3 Å². The van der Waals surface area contributed by atoms with Crippen LogP contribution in [0, 0.1) is 0 Å².